The molecule has 0 aliphatic heterocycles. The summed E-state index contributed by atoms with van der Waals surface area (Å²) in [5.41, 5.74) is 3.31. The zero-order valence-electron chi connectivity index (χ0n) is 15.9. The number of aryl methyl sites for hydroxylation is 3. The largest absolute Gasteiger partial charge is 0.309 e. The molecule has 0 fully saturated rings. The van der Waals surface area contributed by atoms with Gasteiger partial charge in [-0.25, -0.2) is 8.42 Å². The van der Waals surface area contributed by atoms with Crippen LogP contribution in [0, 0.1) is 13.8 Å². The Morgan fingerprint density at radius 2 is 1.68 bits per heavy atom. The monoisotopic (exact) mass is 364 g/mol. The fourth-order valence-corrected chi connectivity index (χ4v) is 4.22. The highest BCUT2D eigenvalue weighted by molar-refractivity contribution is 7.92. The van der Waals surface area contributed by atoms with Gasteiger partial charge in [0.1, 0.15) is 0 Å². The van der Waals surface area contributed by atoms with E-state index in [2.05, 4.69) is 10.00 Å². The van der Waals surface area contributed by atoms with Crippen LogP contribution >= 0.6 is 0 Å². The van der Waals surface area contributed by atoms with E-state index in [9.17, 15) is 8.42 Å². The molecule has 6 nitrogen and oxygen atoms in total. The van der Waals surface area contributed by atoms with Gasteiger partial charge in [-0.1, -0.05) is 12.1 Å². The van der Waals surface area contributed by atoms with Crippen LogP contribution in [0.3, 0.4) is 0 Å². The number of hydrogen-bond acceptors (Lipinski definition) is 4. The van der Waals surface area contributed by atoms with Gasteiger partial charge in [0.05, 0.1) is 22.0 Å². The predicted octanol–water partition coefficient (Wildman–Crippen LogP) is 2.36. The van der Waals surface area contributed by atoms with Crippen molar-refractivity contribution in [1.29, 1.82) is 0 Å². The SMILES string of the molecule is Cc1nn(C)c(C)c1N(C)S(=O)(=O)c1ccc(CCCN(C)C)cc1. The Bertz CT molecular complexity index is 824. The minimum atomic E-state index is -3.60. The van der Waals surface area contributed by atoms with Crippen molar-refractivity contribution in [3.63, 3.8) is 0 Å². The zero-order chi connectivity index (χ0) is 18.8. The summed E-state index contributed by atoms with van der Waals surface area (Å²) in [7, 11) is 3.89. The van der Waals surface area contributed by atoms with Crippen molar-refractivity contribution in [2.45, 2.75) is 31.6 Å². The van der Waals surface area contributed by atoms with E-state index < -0.39 is 10.0 Å². The van der Waals surface area contributed by atoms with Gasteiger partial charge < -0.3 is 4.90 Å². The molecule has 1 aromatic carbocycles. The Hall–Kier alpha value is -1.86. The van der Waals surface area contributed by atoms with Crippen LogP contribution in [-0.2, 0) is 23.5 Å². The average molecular weight is 365 g/mol. The number of anilines is 1. The smallest absolute Gasteiger partial charge is 0.264 e. The Kier molecular flexibility index (Phi) is 5.90. The highest BCUT2D eigenvalue weighted by Gasteiger charge is 2.26. The molecule has 0 bridgehead atoms. The van der Waals surface area contributed by atoms with Crippen LogP contribution in [0.1, 0.15) is 23.4 Å². The first-order valence-electron chi connectivity index (χ1n) is 8.37. The van der Waals surface area contributed by atoms with Crippen LogP contribution in [0.4, 0.5) is 5.69 Å². The molecule has 138 valence electrons. The Morgan fingerprint density at radius 1 is 1.08 bits per heavy atom. The first kappa shape index (κ1) is 19.5. The second kappa shape index (κ2) is 7.58. The lowest BCUT2D eigenvalue weighted by Gasteiger charge is -2.20. The topological polar surface area (TPSA) is 58.4 Å². The maximum atomic E-state index is 12.9. The normalized spacial score (nSPS) is 12.0. The molecule has 0 saturated carbocycles. The van der Waals surface area contributed by atoms with Gasteiger partial charge in [0, 0.05) is 14.1 Å². The van der Waals surface area contributed by atoms with E-state index in [4.69, 9.17) is 0 Å². The molecular formula is C18H28N4O2S. The van der Waals surface area contributed by atoms with Gasteiger partial charge in [0.25, 0.3) is 10.0 Å². The van der Waals surface area contributed by atoms with Crippen LogP contribution in [0.2, 0.25) is 0 Å². The summed E-state index contributed by atoms with van der Waals surface area (Å²) in [6.07, 6.45) is 1.99. The summed E-state index contributed by atoms with van der Waals surface area (Å²) in [5.74, 6) is 0. The molecule has 1 aromatic heterocycles. The minimum Gasteiger partial charge on any atom is -0.309 e. The van der Waals surface area contributed by atoms with Crippen LogP contribution in [0.5, 0.6) is 0 Å². The van der Waals surface area contributed by atoms with Gasteiger partial charge in [-0.3, -0.25) is 8.99 Å². The predicted molar refractivity (Wildman–Crippen MR) is 102 cm³/mol. The summed E-state index contributed by atoms with van der Waals surface area (Å²) in [5, 5.41) is 4.31. The van der Waals surface area contributed by atoms with Crippen molar-refractivity contribution in [1.82, 2.24) is 14.7 Å². The number of benzene rings is 1. The van der Waals surface area contributed by atoms with Gasteiger partial charge in [-0.2, -0.15) is 5.10 Å². The van der Waals surface area contributed by atoms with E-state index >= 15 is 0 Å². The molecule has 0 N–H and O–H groups in total. The molecular weight excluding hydrogens is 336 g/mol. The molecule has 7 heteroatoms. The Labute approximate surface area is 151 Å². The summed E-state index contributed by atoms with van der Waals surface area (Å²) in [6.45, 7) is 4.71. The number of aromatic nitrogens is 2. The van der Waals surface area contributed by atoms with Gasteiger partial charge in [-0.05, 0) is 65.0 Å². The number of nitrogens with zero attached hydrogens (tertiary/aromatic N) is 4. The zero-order valence-corrected chi connectivity index (χ0v) is 16.8. The van der Waals surface area contributed by atoms with E-state index in [0.29, 0.717) is 16.3 Å². The van der Waals surface area contributed by atoms with Crippen molar-refractivity contribution >= 4 is 15.7 Å². The third-order valence-electron chi connectivity index (χ3n) is 4.44. The summed E-state index contributed by atoms with van der Waals surface area (Å²) in [6, 6.07) is 7.19. The van der Waals surface area contributed by atoms with Gasteiger partial charge in [-0.15, -0.1) is 0 Å². The third kappa shape index (κ3) is 4.22. The standard InChI is InChI=1S/C18H28N4O2S/c1-14-18(15(2)21(5)19-14)22(6)25(23,24)17-11-9-16(10-12-17)8-7-13-20(3)4/h9-12H,7-8,13H2,1-6H3. The molecule has 0 atom stereocenters. The maximum Gasteiger partial charge on any atom is 0.264 e. The van der Waals surface area contributed by atoms with Crippen molar-refractivity contribution in [3.8, 4) is 0 Å². The molecule has 2 aromatic rings. The van der Waals surface area contributed by atoms with Gasteiger partial charge >= 0.3 is 0 Å². The van der Waals surface area contributed by atoms with E-state index in [0.717, 1.165) is 30.6 Å². The Balaban J connectivity index is 2.21. The second-order valence-electron chi connectivity index (χ2n) is 6.67. The Morgan fingerprint density at radius 3 is 2.16 bits per heavy atom. The minimum absolute atomic E-state index is 0.300. The van der Waals surface area contributed by atoms with E-state index in [1.54, 1.807) is 23.9 Å². The van der Waals surface area contributed by atoms with Crippen molar-refractivity contribution in [2.24, 2.45) is 7.05 Å². The highest BCUT2D eigenvalue weighted by atomic mass is 32.2. The molecule has 2 rings (SSSR count). The molecule has 0 aliphatic carbocycles. The van der Waals surface area contributed by atoms with Gasteiger partial charge in [0.2, 0.25) is 0 Å². The van der Waals surface area contributed by atoms with Crippen LogP contribution in [0.15, 0.2) is 29.2 Å². The first-order valence-corrected chi connectivity index (χ1v) is 9.81. The molecule has 0 unspecified atom stereocenters. The summed E-state index contributed by atoms with van der Waals surface area (Å²) < 4.78 is 28.9. The van der Waals surface area contributed by atoms with E-state index in [-0.39, 0.29) is 0 Å². The number of rotatable bonds is 7. The third-order valence-corrected chi connectivity index (χ3v) is 6.21. The van der Waals surface area contributed by atoms with Crippen LogP contribution in [0.25, 0.3) is 0 Å². The number of sulfonamides is 1. The van der Waals surface area contributed by atoms with Crippen molar-refractivity contribution in [2.75, 3.05) is 32.0 Å². The second-order valence-corrected chi connectivity index (χ2v) is 8.64. The molecule has 1 heterocycles. The van der Waals surface area contributed by atoms with E-state index in [1.165, 1.54) is 4.31 Å². The van der Waals surface area contributed by atoms with Crippen molar-refractivity contribution in [3.05, 3.63) is 41.2 Å². The fraction of sp³-hybridized carbons (Fsp3) is 0.500. The summed E-state index contributed by atoms with van der Waals surface area (Å²) >= 11 is 0. The lowest BCUT2D eigenvalue weighted by atomic mass is 10.1. The molecule has 0 aliphatic rings. The molecule has 0 saturated heterocycles. The lowest BCUT2D eigenvalue weighted by Crippen LogP contribution is -2.27. The van der Waals surface area contributed by atoms with Crippen molar-refractivity contribution < 1.29 is 8.42 Å². The van der Waals surface area contributed by atoms with Gasteiger partial charge in [0.15, 0.2) is 0 Å². The van der Waals surface area contributed by atoms with Crippen LogP contribution < -0.4 is 4.31 Å². The molecule has 25 heavy (non-hydrogen) atoms. The fourth-order valence-electron chi connectivity index (χ4n) is 2.92. The average Bonchev–Trinajstić information content (AvgIpc) is 2.79. The lowest BCUT2D eigenvalue weighted by molar-refractivity contribution is 0.400. The molecule has 0 amide bonds. The van der Waals surface area contributed by atoms with E-state index in [1.807, 2.05) is 47.1 Å². The quantitative estimate of drug-likeness (QED) is 0.757. The first-order chi connectivity index (χ1) is 11.6. The highest BCUT2D eigenvalue weighted by Crippen LogP contribution is 2.28. The number of hydrogen-bond donors (Lipinski definition) is 0. The van der Waals surface area contributed by atoms with Crippen LogP contribution in [-0.4, -0.2) is 50.8 Å². The molecule has 0 radical (unpaired) electrons. The summed E-state index contributed by atoms with van der Waals surface area (Å²) in [4.78, 5) is 2.45. The maximum absolute atomic E-state index is 12.9. The molecule has 0 spiro atoms.